The van der Waals surface area contributed by atoms with Gasteiger partial charge in [0.2, 0.25) is 0 Å². The van der Waals surface area contributed by atoms with Crippen LogP contribution in [0.1, 0.15) is 65.2 Å². The van der Waals surface area contributed by atoms with Crippen molar-refractivity contribution in [1.82, 2.24) is 9.97 Å². The average molecular weight is 443 g/mol. The highest BCUT2D eigenvalue weighted by Crippen LogP contribution is 2.23. The van der Waals surface area contributed by atoms with E-state index >= 15 is 0 Å². The molecule has 31 heavy (non-hydrogen) atoms. The van der Waals surface area contributed by atoms with Crippen molar-refractivity contribution in [3.8, 4) is 22.9 Å². The molecule has 5 heteroatoms. The predicted molar refractivity (Wildman–Crippen MR) is 134 cm³/mol. The quantitative estimate of drug-likeness (QED) is 0.197. The fourth-order valence-corrected chi connectivity index (χ4v) is 6.42. The van der Waals surface area contributed by atoms with Gasteiger partial charge in [0.25, 0.3) is 0 Å². The molecular formula is C26H42N2O2Si. The normalized spacial score (nSPS) is 11.5. The summed E-state index contributed by atoms with van der Waals surface area (Å²) in [5.41, 5.74) is 2.08. The van der Waals surface area contributed by atoms with Crippen molar-refractivity contribution in [1.29, 1.82) is 0 Å². The van der Waals surface area contributed by atoms with Crippen molar-refractivity contribution >= 4 is 8.07 Å². The molecule has 0 N–H and O–H groups in total. The average Bonchev–Trinajstić information content (AvgIpc) is 2.78. The van der Waals surface area contributed by atoms with E-state index in [9.17, 15) is 0 Å². The Labute approximate surface area is 190 Å². The van der Waals surface area contributed by atoms with Crippen LogP contribution in [-0.4, -0.2) is 31.3 Å². The maximum Gasteiger partial charge on any atom is 0.316 e. The van der Waals surface area contributed by atoms with Crippen LogP contribution in [0.25, 0.3) is 11.1 Å². The van der Waals surface area contributed by atoms with E-state index < -0.39 is 8.07 Å². The molecule has 0 amide bonds. The van der Waals surface area contributed by atoms with Crippen molar-refractivity contribution < 1.29 is 9.47 Å². The minimum absolute atomic E-state index is 0.459. The first-order chi connectivity index (χ1) is 15.0. The molecule has 2 rings (SSSR count). The Balaban J connectivity index is 1.70. The predicted octanol–water partition coefficient (Wildman–Crippen LogP) is 7.77. The fourth-order valence-electron chi connectivity index (χ4n) is 3.65. The van der Waals surface area contributed by atoms with Crippen molar-refractivity contribution in [3.63, 3.8) is 0 Å². The van der Waals surface area contributed by atoms with Crippen molar-refractivity contribution in [2.75, 3.05) is 13.2 Å². The van der Waals surface area contributed by atoms with E-state index in [0.29, 0.717) is 12.6 Å². The first-order valence-electron chi connectivity index (χ1n) is 12.2. The topological polar surface area (TPSA) is 44.2 Å². The Morgan fingerprint density at radius 1 is 0.677 bits per heavy atom. The van der Waals surface area contributed by atoms with Gasteiger partial charge in [-0.05, 0) is 30.5 Å². The molecule has 0 aliphatic rings. The van der Waals surface area contributed by atoms with Gasteiger partial charge < -0.3 is 9.47 Å². The van der Waals surface area contributed by atoms with Gasteiger partial charge in [-0.2, -0.15) is 0 Å². The number of hydrogen-bond donors (Lipinski definition) is 0. The minimum atomic E-state index is -0.992. The third kappa shape index (κ3) is 10.3. The first kappa shape index (κ1) is 25.4. The molecule has 0 aliphatic heterocycles. The minimum Gasteiger partial charge on any atom is -0.494 e. The van der Waals surface area contributed by atoms with Gasteiger partial charge in [-0.3, -0.25) is 0 Å². The van der Waals surface area contributed by atoms with Crippen LogP contribution < -0.4 is 9.47 Å². The maximum atomic E-state index is 5.95. The molecule has 0 atom stereocenters. The molecule has 0 saturated heterocycles. The highest BCUT2D eigenvalue weighted by atomic mass is 28.3. The number of rotatable bonds is 16. The molecule has 1 aromatic carbocycles. The van der Waals surface area contributed by atoms with Gasteiger partial charge >= 0.3 is 6.01 Å². The van der Waals surface area contributed by atoms with Crippen LogP contribution in [0.15, 0.2) is 36.7 Å². The zero-order valence-corrected chi connectivity index (χ0v) is 21.2. The lowest BCUT2D eigenvalue weighted by molar-refractivity contribution is 0.282. The van der Waals surface area contributed by atoms with Crippen LogP contribution in [0.2, 0.25) is 25.2 Å². The summed E-state index contributed by atoms with van der Waals surface area (Å²) < 4.78 is 11.6. The van der Waals surface area contributed by atoms with Crippen molar-refractivity contribution in [3.05, 3.63) is 36.7 Å². The van der Waals surface area contributed by atoms with E-state index in [1.807, 2.05) is 24.5 Å². The first-order valence-corrected chi connectivity index (χ1v) is 15.6. The fraction of sp³-hybridized carbons (Fsp3) is 0.615. The highest BCUT2D eigenvalue weighted by Gasteiger charge is 2.18. The molecule has 1 heterocycles. The lowest BCUT2D eigenvalue weighted by atomic mass is 10.1. The molecular weight excluding hydrogens is 400 g/mol. The van der Waals surface area contributed by atoms with Gasteiger partial charge in [-0.1, -0.05) is 89.7 Å². The van der Waals surface area contributed by atoms with Gasteiger partial charge in [-0.25, -0.2) is 9.97 Å². The maximum absolute atomic E-state index is 5.95. The lowest BCUT2D eigenvalue weighted by Gasteiger charge is -2.21. The molecule has 4 nitrogen and oxygen atoms in total. The Morgan fingerprint density at radius 2 is 1.29 bits per heavy atom. The van der Waals surface area contributed by atoms with Crippen LogP contribution in [0.4, 0.5) is 0 Å². The van der Waals surface area contributed by atoms with E-state index in [4.69, 9.17) is 9.47 Å². The molecule has 0 bridgehead atoms. The summed E-state index contributed by atoms with van der Waals surface area (Å²) in [7, 11) is -0.992. The molecule has 0 radical (unpaired) electrons. The second-order valence-electron chi connectivity index (χ2n) is 9.26. The second-order valence-corrected chi connectivity index (χ2v) is 14.6. The Morgan fingerprint density at radius 3 is 1.97 bits per heavy atom. The van der Waals surface area contributed by atoms with E-state index in [2.05, 4.69) is 49.0 Å². The molecule has 1 aromatic heterocycles. The van der Waals surface area contributed by atoms with Crippen LogP contribution in [0.5, 0.6) is 11.8 Å². The Hall–Kier alpha value is -1.88. The van der Waals surface area contributed by atoms with E-state index in [1.54, 1.807) is 0 Å². The Kier molecular flexibility index (Phi) is 11.6. The number of nitrogens with zero attached hydrogens (tertiary/aromatic N) is 2. The third-order valence-corrected chi connectivity index (χ3v) is 9.18. The van der Waals surface area contributed by atoms with Crippen molar-refractivity contribution in [2.45, 2.75) is 90.4 Å². The molecule has 172 valence electrons. The molecule has 0 spiro atoms. The summed E-state index contributed by atoms with van der Waals surface area (Å²) in [6, 6.07) is 11.5. The van der Waals surface area contributed by atoms with Gasteiger partial charge in [-0.15, -0.1) is 0 Å². The Bertz CT molecular complexity index is 717. The zero-order valence-electron chi connectivity index (χ0n) is 20.2. The van der Waals surface area contributed by atoms with Crippen molar-refractivity contribution in [2.24, 2.45) is 0 Å². The number of benzene rings is 1. The summed E-state index contributed by atoms with van der Waals surface area (Å²) in [6.07, 6.45) is 13.5. The van der Waals surface area contributed by atoms with Crippen LogP contribution in [0, 0.1) is 0 Å². The summed E-state index contributed by atoms with van der Waals surface area (Å²) in [5, 5.41) is 0. The smallest absolute Gasteiger partial charge is 0.316 e. The molecule has 0 saturated carbocycles. The highest BCUT2D eigenvalue weighted by molar-refractivity contribution is 6.77. The van der Waals surface area contributed by atoms with Gasteiger partial charge in [0.05, 0.1) is 13.2 Å². The number of unbranched alkanes of at least 4 members (excludes halogenated alkanes) is 5. The van der Waals surface area contributed by atoms with Crippen LogP contribution in [-0.2, 0) is 0 Å². The number of hydrogen-bond acceptors (Lipinski definition) is 4. The molecule has 0 aliphatic carbocycles. The van der Waals surface area contributed by atoms with Crippen LogP contribution in [0.3, 0.4) is 0 Å². The summed E-state index contributed by atoms with van der Waals surface area (Å²) in [6.45, 7) is 11.0. The summed E-state index contributed by atoms with van der Waals surface area (Å²) in [4.78, 5) is 8.68. The van der Waals surface area contributed by atoms with Crippen LogP contribution >= 0.6 is 0 Å². The second kappa shape index (κ2) is 14.2. The zero-order chi connectivity index (χ0) is 22.4. The molecule has 0 fully saturated rings. The number of ether oxygens (including phenoxy) is 2. The molecule has 0 unspecified atom stereocenters. The van der Waals surface area contributed by atoms with Gasteiger partial charge in [0, 0.05) is 26.0 Å². The van der Waals surface area contributed by atoms with Gasteiger partial charge in [0.1, 0.15) is 5.75 Å². The molecule has 2 aromatic rings. The van der Waals surface area contributed by atoms with E-state index in [1.165, 1.54) is 50.6 Å². The summed E-state index contributed by atoms with van der Waals surface area (Å²) >= 11 is 0. The van der Waals surface area contributed by atoms with E-state index in [0.717, 1.165) is 36.3 Å². The lowest BCUT2D eigenvalue weighted by Crippen LogP contribution is -2.24. The standard InChI is InChI=1S/C26H42N2O2Si/c1-5-7-9-10-18-30-26-27-21-24(22-28-26)23-13-15-25(16-14-23)29-17-11-12-20-31(3,4)19-8-6-2/h13-16,21-22H,5-12,17-20H2,1-4H3. The van der Waals surface area contributed by atoms with E-state index in [-0.39, 0.29) is 0 Å². The SMILES string of the molecule is CCCCCCOc1ncc(-c2ccc(OCCCC[Si](C)(C)CCCC)cc2)cn1. The largest absolute Gasteiger partial charge is 0.494 e. The number of aromatic nitrogens is 2. The monoisotopic (exact) mass is 442 g/mol. The third-order valence-electron chi connectivity index (χ3n) is 5.77. The van der Waals surface area contributed by atoms with Gasteiger partial charge in [0.15, 0.2) is 0 Å². The summed E-state index contributed by atoms with van der Waals surface area (Å²) in [5.74, 6) is 0.930.